The predicted octanol–water partition coefficient (Wildman–Crippen LogP) is 1.75. The third kappa shape index (κ3) is 6.11. The summed E-state index contributed by atoms with van der Waals surface area (Å²) in [6, 6.07) is 5.58. The Morgan fingerprint density at radius 3 is 2.50 bits per heavy atom. The number of quaternary nitrogens is 1. The zero-order valence-corrected chi connectivity index (χ0v) is 18.3. The van der Waals surface area contributed by atoms with E-state index in [4.69, 9.17) is 11.6 Å². The number of alkyl halides is 1. The first-order chi connectivity index (χ1) is 13.2. The molecule has 0 aromatic heterocycles. The fourth-order valence-corrected chi connectivity index (χ4v) is 3.25. The van der Waals surface area contributed by atoms with E-state index in [2.05, 4.69) is 29.6 Å². The summed E-state index contributed by atoms with van der Waals surface area (Å²) in [5.74, 6) is -0.0218. The summed E-state index contributed by atoms with van der Waals surface area (Å²) in [6.07, 6.45) is 3.19. The number of nitrogens with zero attached hydrogens (tertiary/aromatic N) is 1. The molecule has 7 heteroatoms. The Labute approximate surface area is 173 Å². The summed E-state index contributed by atoms with van der Waals surface area (Å²) in [5, 5.41) is 5.93. The molecule has 6 nitrogen and oxygen atoms in total. The van der Waals surface area contributed by atoms with Gasteiger partial charge >= 0.3 is 0 Å². The van der Waals surface area contributed by atoms with Crippen molar-refractivity contribution in [3.8, 4) is 0 Å². The minimum absolute atomic E-state index is 0.0941. The number of anilines is 2. The zero-order chi connectivity index (χ0) is 20.7. The van der Waals surface area contributed by atoms with Crippen LogP contribution in [0.25, 0.3) is 0 Å². The van der Waals surface area contributed by atoms with E-state index in [0.717, 1.165) is 44.6 Å². The predicted molar refractivity (Wildman–Crippen MR) is 116 cm³/mol. The van der Waals surface area contributed by atoms with Crippen molar-refractivity contribution in [1.29, 1.82) is 0 Å². The number of amides is 2. The highest BCUT2D eigenvalue weighted by Gasteiger charge is 2.27. The molecule has 1 fully saturated rings. The molecule has 1 heterocycles. The van der Waals surface area contributed by atoms with Crippen molar-refractivity contribution in [3.05, 3.63) is 23.8 Å². The minimum atomic E-state index is -0.674. The highest BCUT2D eigenvalue weighted by molar-refractivity contribution is 6.20. The molecule has 156 valence electrons. The molecule has 1 aromatic rings. The summed E-state index contributed by atoms with van der Waals surface area (Å²) < 4.78 is 0. The van der Waals surface area contributed by atoms with Crippen molar-refractivity contribution in [2.75, 3.05) is 56.4 Å². The third-order valence-corrected chi connectivity index (χ3v) is 5.70. The van der Waals surface area contributed by atoms with Gasteiger partial charge in [0, 0.05) is 43.3 Å². The molecule has 2 amide bonds. The van der Waals surface area contributed by atoms with Crippen LogP contribution in [-0.2, 0) is 4.79 Å². The third-order valence-electron chi connectivity index (χ3n) is 5.03. The van der Waals surface area contributed by atoms with Crippen molar-refractivity contribution in [1.82, 2.24) is 5.32 Å². The maximum atomic E-state index is 12.9. The second kappa shape index (κ2) is 10.1. The second-order valence-electron chi connectivity index (χ2n) is 8.46. The van der Waals surface area contributed by atoms with Crippen LogP contribution in [0.1, 0.15) is 43.5 Å². The summed E-state index contributed by atoms with van der Waals surface area (Å²) >= 11 is 5.91. The average Bonchev–Trinajstić information content (AvgIpc) is 3.19. The SMILES string of the molecule is C[NH+](C)CCCNC(=O)c1cc(NC(=O)C(C)(C)CCl)ccc1N1CCCC1. The van der Waals surface area contributed by atoms with Crippen molar-refractivity contribution in [2.24, 2.45) is 5.41 Å². The number of benzene rings is 1. The van der Waals surface area contributed by atoms with Gasteiger partial charge in [-0.15, -0.1) is 11.6 Å². The van der Waals surface area contributed by atoms with Gasteiger partial charge < -0.3 is 20.4 Å². The molecule has 0 spiro atoms. The number of halogens is 1. The van der Waals surface area contributed by atoms with Gasteiger partial charge in [-0.25, -0.2) is 0 Å². The number of hydrogen-bond acceptors (Lipinski definition) is 3. The summed E-state index contributed by atoms with van der Waals surface area (Å²) in [6.45, 7) is 7.15. The topological polar surface area (TPSA) is 65.9 Å². The van der Waals surface area contributed by atoms with E-state index in [0.29, 0.717) is 17.8 Å². The van der Waals surface area contributed by atoms with Gasteiger partial charge in [0.15, 0.2) is 0 Å². The van der Waals surface area contributed by atoms with E-state index in [1.807, 2.05) is 12.1 Å². The van der Waals surface area contributed by atoms with Crippen molar-refractivity contribution in [2.45, 2.75) is 33.1 Å². The first-order valence-electron chi connectivity index (χ1n) is 10.1. The average molecular weight is 410 g/mol. The van der Waals surface area contributed by atoms with Crippen molar-refractivity contribution >= 4 is 34.8 Å². The largest absolute Gasteiger partial charge is 0.371 e. The monoisotopic (exact) mass is 409 g/mol. The summed E-state index contributed by atoms with van der Waals surface area (Å²) in [4.78, 5) is 28.9. The molecule has 0 atom stereocenters. The Morgan fingerprint density at radius 2 is 1.89 bits per heavy atom. The van der Waals surface area contributed by atoms with Crippen LogP contribution in [0, 0.1) is 5.41 Å². The van der Waals surface area contributed by atoms with E-state index in [1.54, 1.807) is 19.9 Å². The summed E-state index contributed by atoms with van der Waals surface area (Å²) in [7, 11) is 4.20. The normalized spacial score (nSPS) is 14.4. The highest BCUT2D eigenvalue weighted by atomic mass is 35.5. The van der Waals surface area contributed by atoms with Crippen LogP contribution >= 0.6 is 11.6 Å². The van der Waals surface area contributed by atoms with Gasteiger partial charge in [-0.2, -0.15) is 0 Å². The van der Waals surface area contributed by atoms with E-state index in [1.165, 1.54) is 4.90 Å². The minimum Gasteiger partial charge on any atom is -0.371 e. The summed E-state index contributed by atoms with van der Waals surface area (Å²) in [5.41, 5.74) is 1.49. The molecule has 1 saturated heterocycles. The van der Waals surface area contributed by atoms with Crippen LogP contribution < -0.4 is 20.4 Å². The Balaban J connectivity index is 2.18. The van der Waals surface area contributed by atoms with Crippen LogP contribution in [0.15, 0.2) is 18.2 Å². The molecule has 0 radical (unpaired) electrons. The van der Waals surface area contributed by atoms with Crippen molar-refractivity contribution in [3.63, 3.8) is 0 Å². The van der Waals surface area contributed by atoms with Gasteiger partial charge in [-0.1, -0.05) is 0 Å². The molecule has 3 N–H and O–H groups in total. The molecule has 0 unspecified atom stereocenters. The molecule has 0 saturated carbocycles. The number of rotatable bonds is 9. The quantitative estimate of drug-likeness (QED) is 0.430. The molecule has 28 heavy (non-hydrogen) atoms. The number of carbonyl (C=O) groups is 2. The van der Waals surface area contributed by atoms with Crippen LogP contribution in [0.3, 0.4) is 0 Å². The molecular weight excluding hydrogens is 376 g/mol. The lowest BCUT2D eigenvalue weighted by molar-refractivity contribution is -0.858. The lowest BCUT2D eigenvalue weighted by atomic mass is 9.95. The van der Waals surface area contributed by atoms with E-state index in [-0.39, 0.29) is 17.7 Å². The standard InChI is InChI=1S/C21H33ClN4O2/c1-21(2,15-22)20(28)24-16-8-9-18(26-12-5-6-13-26)17(14-16)19(27)23-10-7-11-25(3)4/h8-9,14H,5-7,10-13,15H2,1-4H3,(H,23,27)(H,24,28)/p+1. The lowest BCUT2D eigenvalue weighted by Gasteiger charge is -2.23. The molecule has 0 bridgehead atoms. The fraction of sp³-hybridized carbons (Fsp3) is 0.619. The van der Waals surface area contributed by atoms with E-state index in [9.17, 15) is 9.59 Å². The Hall–Kier alpha value is -1.79. The highest BCUT2D eigenvalue weighted by Crippen LogP contribution is 2.28. The van der Waals surface area contributed by atoms with Crippen LogP contribution in [0.4, 0.5) is 11.4 Å². The van der Waals surface area contributed by atoms with Gasteiger partial charge in [-0.05, 0) is 44.9 Å². The molecule has 0 aliphatic carbocycles. The van der Waals surface area contributed by atoms with Gasteiger partial charge in [0.05, 0.1) is 31.6 Å². The fourth-order valence-electron chi connectivity index (χ4n) is 3.13. The molecule has 1 aliphatic heterocycles. The van der Waals surface area contributed by atoms with Gasteiger partial charge in [0.25, 0.3) is 5.91 Å². The first kappa shape index (κ1) is 22.5. The maximum Gasteiger partial charge on any atom is 0.253 e. The first-order valence-corrected chi connectivity index (χ1v) is 10.6. The van der Waals surface area contributed by atoms with Gasteiger partial charge in [-0.3, -0.25) is 9.59 Å². The van der Waals surface area contributed by atoms with Gasteiger partial charge in [0.1, 0.15) is 0 Å². The number of hydrogen-bond donors (Lipinski definition) is 3. The number of carbonyl (C=O) groups excluding carboxylic acids is 2. The molecule has 1 aromatic carbocycles. The van der Waals surface area contributed by atoms with Crippen LogP contribution in [-0.4, -0.2) is 58.0 Å². The Morgan fingerprint density at radius 1 is 1.21 bits per heavy atom. The second-order valence-corrected chi connectivity index (χ2v) is 8.73. The maximum absolute atomic E-state index is 12.9. The molecule has 2 rings (SSSR count). The zero-order valence-electron chi connectivity index (χ0n) is 17.5. The molecular formula is C21H34ClN4O2+. The van der Waals surface area contributed by atoms with Gasteiger partial charge in [0.2, 0.25) is 5.91 Å². The molecule has 1 aliphatic rings. The van der Waals surface area contributed by atoms with E-state index >= 15 is 0 Å². The smallest absolute Gasteiger partial charge is 0.253 e. The van der Waals surface area contributed by atoms with Crippen LogP contribution in [0.2, 0.25) is 0 Å². The van der Waals surface area contributed by atoms with E-state index < -0.39 is 5.41 Å². The number of nitrogens with one attached hydrogen (secondary N) is 3. The lowest BCUT2D eigenvalue weighted by Crippen LogP contribution is -3.05. The Kier molecular flexibility index (Phi) is 8.13. The van der Waals surface area contributed by atoms with Crippen LogP contribution in [0.5, 0.6) is 0 Å². The Bertz CT molecular complexity index is 685. The van der Waals surface area contributed by atoms with Crippen molar-refractivity contribution < 1.29 is 14.5 Å².